The van der Waals surface area contributed by atoms with Crippen LogP contribution in [-0.2, 0) is 19.1 Å². The molecule has 0 aromatic rings. The largest absolute Gasteiger partial charge is 0.481 e. The van der Waals surface area contributed by atoms with Crippen molar-refractivity contribution in [1.29, 1.82) is 0 Å². The molecule has 3 rings (SSSR count). The Balaban J connectivity index is 2.08. The Hall–Kier alpha value is -1.93. The van der Waals surface area contributed by atoms with Crippen molar-refractivity contribution in [1.82, 2.24) is 9.80 Å². The lowest BCUT2D eigenvalue weighted by Gasteiger charge is -2.42. The molecule has 2 amide bonds. The number of rotatable bonds is 9. The van der Waals surface area contributed by atoms with Crippen LogP contribution < -0.4 is 0 Å². The molecule has 2 bridgehead atoms. The van der Waals surface area contributed by atoms with E-state index in [4.69, 9.17) is 9.84 Å². The van der Waals surface area contributed by atoms with Crippen molar-refractivity contribution in [2.45, 2.75) is 83.1 Å². The van der Waals surface area contributed by atoms with Crippen LogP contribution in [0.4, 0.5) is 0 Å². The summed E-state index contributed by atoms with van der Waals surface area (Å²) in [4.78, 5) is 43.3. The van der Waals surface area contributed by atoms with Crippen LogP contribution in [0.1, 0.15) is 60.3 Å². The molecule has 32 heavy (non-hydrogen) atoms. The van der Waals surface area contributed by atoms with Gasteiger partial charge in [0.15, 0.2) is 0 Å². The van der Waals surface area contributed by atoms with Crippen molar-refractivity contribution in [2.75, 3.05) is 19.7 Å². The summed E-state index contributed by atoms with van der Waals surface area (Å²) in [6.07, 6.45) is 4.09. The zero-order valence-electron chi connectivity index (χ0n) is 20.0. The van der Waals surface area contributed by atoms with Gasteiger partial charge in [0.25, 0.3) is 0 Å². The Morgan fingerprint density at radius 3 is 2.50 bits per heavy atom. The molecule has 0 aliphatic carbocycles. The fourth-order valence-corrected chi connectivity index (χ4v) is 6.18. The van der Waals surface area contributed by atoms with Crippen LogP contribution in [-0.4, -0.2) is 80.3 Å². The van der Waals surface area contributed by atoms with E-state index in [9.17, 15) is 19.5 Å². The molecule has 3 heterocycles. The minimum absolute atomic E-state index is 0.0695. The normalized spacial score (nSPS) is 35.8. The molecule has 6 atom stereocenters. The first kappa shape index (κ1) is 24.7. The van der Waals surface area contributed by atoms with Crippen molar-refractivity contribution >= 4 is 17.8 Å². The maximum Gasteiger partial charge on any atom is 0.310 e. The molecule has 3 aliphatic rings. The first-order valence-corrected chi connectivity index (χ1v) is 11.6. The molecular weight excluding hydrogens is 412 g/mol. The zero-order valence-corrected chi connectivity index (χ0v) is 20.0. The number of ether oxygens (including phenoxy) is 1. The molecule has 3 saturated heterocycles. The van der Waals surface area contributed by atoms with Gasteiger partial charge in [0.1, 0.15) is 17.6 Å². The SMILES string of the molecule is C=CCN(C(=O)C1N(CCCCCO)C(=O)[C@@H]2[C@@H](C(=O)O)[C@]3(C)OC12CC3C)C(C)(C)C. The van der Waals surface area contributed by atoms with Crippen LogP contribution in [0.5, 0.6) is 0 Å². The van der Waals surface area contributed by atoms with Gasteiger partial charge in [-0.05, 0) is 59.3 Å². The predicted molar refractivity (Wildman–Crippen MR) is 119 cm³/mol. The molecule has 0 aromatic carbocycles. The summed E-state index contributed by atoms with van der Waals surface area (Å²) in [5, 5.41) is 19.2. The number of carboxylic acids is 1. The van der Waals surface area contributed by atoms with Crippen molar-refractivity contribution in [3.05, 3.63) is 12.7 Å². The number of aliphatic hydroxyl groups is 1. The Morgan fingerprint density at radius 2 is 1.97 bits per heavy atom. The topological polar surface area (TPSA) is 107 Å². The van der Waals surface area contributed by atoms with E-state index >= 15 is 0 Å². The average molecular weight is 451 g/mol. The summed E-state index contributed by atoms with van der Waals surface area (Å²) in [5.74, 6) is -3.54. The third kappa shape index (κ3) is 3.55. The Bertz CT molecular complexity index is 792. The molecule has 180 valence electrons. The maximum atomic E-state index is 14.1. The first-order chi connectivity index (χ1) is 14.9. The fourth-order valence-electron chi connectivity index (χ4n) is 6.18. The number of carbonyl (C=O) groups is 3. The summed E-state index contributed by atoms with van der Waals surface area (Å²) < 4.78 is 6.50. The van der Waals surface area contributed by atoms with Gasteiger partial charge in [-0.15, -0.1) is 6.58 Å². The molecule has 3 fully saturated rings. The van der Waals surface area contributed by atoms with Gasteiger partial charge in [-0.1, -0.05) is 13.0 Å². The van der Waals surface area contributed by atoms with Gasteiger partial charge in [-0.2, -0.15) is 0 Å². The molecule has 0 aromatic heterocycles. The lowest BCUT2D eigenvalue weighted by Crippen LogP contribution is -2.60. The lowest BCUT2D eigenvalue weighted by molar-refractivity contribution is -0.159. The maximum absolute atomic E-state index is 14.1. The van der Waals surface area contributed by atoms with E-state index in [2.05, 4.69) is 6.58 Å². The number of hydrogen-bond acceptors (Lipinski definition) is 5. The summed E-state index contributed by atoms with van der Waals surface area (Å²) in [5.41, 5.74) is -2.64. The predicted octanol–water partition coefficient (Wildman–Crippen LogP) is 2.06. The van der Waals surface area contributed by atoms with Crippen LogP contribution >= 0.6 is 0 Å². The minimum Gasteiger partial charge on any atom is -0.481 e. The molecule has 1 spiro atoms. The number of unbranched alkanes of at least 4 members (excludes halogenated alkanes) is 2. The molecule has 2 N–H and O–H groups in total. The first-order valence-electron chi connectivity index (χ1n) is 11.6. The molecule has 3 aliphatic heterocycles. The van der Waals surface area contributed by atoms with E-state index in [0.717, 1.165) is 0 Å². The number of nitrogens with zero attached hydrogens (tertiary/aromatic N) is 2. The highest BCUT2D eigenvalue weighted by Gasteiger charge is 2.80. The van der Waals surface area contributed by atoms with Crippen molar-refractivity contribution < 1.29 is 29.3 Å². The highest BCUT2D eigenvalue weighted by Crippen LogP contribution is 2.65. The molecule has 8 heteroatoms. The Morgan fingerprint density at radius 1 is 1.31 bits per heavy atom. The van der Waals surface area contributed by atoms with Gasteiger partial charge in [0.2, 0.25) is 11.8 Å². The van der Waals surface area contributed by atoms with E-state index in [1.54, 1.807) is 22.8 Å². The number of carboxylic acid groups (broad SMARTS) is 1. The number of carbonyl (C=O) groups excluding carboxylic acids is 2. The quantitative estimate of drug-likeness (QED) is 0.411. The Labute approximate surface area is 190 Å². The van der Waals surface area contributed by atoms with Gasteiger partial charge in [0.05, 0.1) is 11.5 Å². The molecular formula is C24H38N2O6. The number of fused-ring (bicyclic) bond motifs is 1. The van der Waals surface area contributed by atoms with Gasteiger partial charge < -0.3 is 24.7 Å². The van der Waals surface area contributed by atoms with E-state index in [0.29, 0.717) is 38.8 Å². The van der Waals surface area contributed by atoms with E-state index in [1.165, 1.54) is 0 Å². The third-order valence-corrected chi connectivity index (χ3v) is 7.76. The van der Waals surface area contributed by atoms with E-state index in [-0.39, 0.29) is 24.3 Å². The fraction of sp³-hybridized carbons (Fsp3) is 0.792. The lowest BCUT2D eigenvalue weighted by atomic mass is 9.62. The second-order valence-electron chi connectivity index (χ2n) is 10.8. The van der Waals surface area contributed by atoms with Crippen molar-refractivity contribution in [3.8, 4) is 0 Å². The average Bonchev–Trinajstić information content (AvgIpc) is 3.19. The zero-order chi connectivity index (χ0) is 24.1. The Kier molecular flexibility index (Phi) is 6.52. The highest BCUT2D eigenvalue weighted by atomic mass is 16.5. The number of aliphatic hydroxyl groups excluding tert-OH is 1. The van der Waals surface area contributed by atoms with Gasteiger partial charge in [0, 0.05) is 25.2 Å². The van der Waals surface area contributed by atoms with Crippen molar-refractivity contribution in [3.63, 3.8) is 0 Å². The van der Waals surface area contributed by atoms with Crippen LogP contribution in [0.2, 0.25) is 0 Å². The van der Waals surface area contributed by atoms with E-state index < -0.39 is 40.6 Å². The molecule has 8 nitrogen and oxygen atoms in total. The van der Waals surface area contributed by atoms with Gasteiger partial charge in [-0.3, -0.25) is 14.4 Å². The summed E-state index contributed by atoms with van der Waals surface area (Å²) >= 11 is 0. The van der Waals surface area contributed by atoms with Crippen LogP contribution in [0, 0.1) is 17.8 Å². The number of likely N-dealkylation sites (tertiary alicyclic amines) is 1. The molecule has 0 saturated carbocycles. The second kappa shape index (κ2) is 8.45. The van der Waals surface area contributed by atoms with Crippen LogP contribution in [0.25, 0.3) is 0 Å². The van der Waals surface area contributed by atoms with Crippen LogP contribution in [0.15, 0.2) is 12.7 Å². The third-order valence-electron chi connectivity index (χ3n) is 7.76. The van der Waals surface area contributed by atoms with Crippen molar-refractivity contribution in [2.24, 2.45) is 17.8 Å². The number of aliphatic carboxylic acids is 1. The number of hydrogen-bond donors (Lipinski definition) is 2. The minimum atomic E-state index is -1.15. The summed E-state index contributed by atoms with van der Waals surface area (Å²) in [6, 6.07) is -0.873. The molecule has 3 unspecified atom stereocenters. The van der Waals surface area contributed by atoms with Crippen LogP contribution in [0.3, 0.4) is 0 Å². The molecule has 0 radical (unpaired) electrons. The summed E-state index contributed by atoms with van der Waals surface area (Å²) in [7, 11) is 0. The number of amides is 2. The smallest absolute Gasteiger partial charge is 0.310 e. The van der Waals surface area contributed by atoms with Gasteiger partial charge >= 0.3 is 5.97 Å². The van der Waals surface area contributed by atoms with Gasteiger partial charge in [-0.25, -0.2) is 0 Å². The second-order valence-corrected chi connectivity index (χ2v) is 10.8. The summed E-state index contributed by atoms with van der Waals surface area (Å²) in [6.45, 7) is 14.0. The van der Waals surface area contributed by atoms with E-state index in [1.807, 2.05) is 27.7 Å². The monoisotopic (exact) mass is 450 g/mol. The standard InChI is InChI=1S/C24H38N2O6/c1-7-11-26(22(3,4)5)20(29)18-24-14-15(2)23(6,32-24)17(21(30)31)16(24)19(28)25(18)12-9-8-10-13-27/h7,15-18,27H,1,8-14H2,2-6H3,(H,30,31)/t15?,16-,17-,18?,23+,24?/m0/s1. The highest BCUT2D eigenvalue weighted by molar-refractivity contribution is 5.98.